The van der Waals surface area contributed by atoms with Gasteiger partial charge in [0.25, 0.3) is 0 Å². The Bertz CT molecular complexity index is 2170. The van der Waals surface area contributed by atoms with Gasteiger partial charge in [0.05, 0.1) is 0 Å². The summed E-state index contributed by atoms with van der Waals surface area (Å²) in [5, 5.41) is 7.58. The van der Waals surface area contributed by atoms with Crippen molar-refractivity contribution in [3.05, 3.63) is 170 Å². The molecule has 8 aromatic rings. The van der Waals surface area contributed by atoms with E-state index in [0.29, 0.717) is 0 Å². The third-order valence-electron chi connectivity index (χ3n) is 8.45. The maximum atomic E-state index is 2.40. The lowest BCUT2D eigenvalue weighted by atomic mass is 9.83. The molecule has 0 aliphatic heterocycles. The Kier molecular flexibility index (Phi) is 5.90. The SMILES string of the molecule is c1ccc(-c2ccc(-c3ccc4ccccc4c3)c(-c3c4ccccc4c(-c4ccccc4)c4ccccc34)c2)cc1. The van der Waals surface area contributed by atoms with E-state index in [4.69, 9.17) is 0 Å². The zero-order valence-corrected chi connectivity index (χ0v) is 23.2. The van der Waals surface area contributed by atoms with E-state index in [1.807, 2.05) is 0 Å². The first kappa shape index (κ1) is 24.3. The van der Waals surface area contributed by atoms with Gasteiger partial charge in [-0.05, 0) is 89.0 Å². The maximum Gasteiger partial charge on any atom is -0.00199 e. The molecule has 0 aromatic heterocycles. The van der Waals surface area contributed by atoms with Crippen LogP contribution in [0.1, 0.15) is 0 Å². The number of rotatable bonds is 4. The average molecular weight is 533 g/mol. The number of hydrogen-bond acceptors (Lipinski definition) is 0. The van der Waals surface area contributed by atoms with Crippen molar-refractivity contribution in [1.82, 2.24) is 0 Å². The lowest BCUT2D eigenvalue weighted by Crippen LogP contribution is -1.93. The van der Waals surface area contributed by atoms with Crippen molar-refractivity contribution in [1.29, 1.82) is 0 Å². The third kappa shape index (κ3) is 4.08. The monoisotopic (exact) mass is 532 g/mol. The molecular formula is C42H28. The zero-order chi connectivity index (χ0) is 27.9. The van der Waals surface area contributed by atoms with Crippen molar-refractivity contribution >= 4 is 32.3 Å². The largest absolute Gasteiger partial charge is 0.0622 e. The van der Waals surface area contributed by atoms with Crippen LogP contribution in [0.4, 0.5) is 0 Å². The van der Waals surface area contributed by atoms with Gasteiger partial charge in [-0.2, -0.15) is 0 Å². The molecule has 0 heteroatoms. The lowest BCUT2D eigenvalue weighted by molar-refractivity contribution is 1.59. The molecule has 0 heterocycles. The van der Waals surface area contributed by atoms with Crippen LogP contribution in [0.3, 0.4) is 0 Å². The predicted molar refractivity (Wildman–Crippen MR) is 181 cm³/mol. The minimum absolute atomic E-state index is 1.22. The first-order chi connectivity index (χ1) is 20.8. The van der Waals surface area contributed by atoms with Gasteiger partial charge < -0.3 is 0 Å². The molecule has 0 N–H and O–H groups in total. The van der Waals surface area contributed by atoms with Crippen molar-refractivity contribution in [3.8, 4) is 44.5 Å². The average Bonchev–Trinajstić information content (AvgIpc) is 3.07. The van der Waals surface area contributed by atoms with Crippen LogP contribution in [-0.4, -0.2) is 0 Å². The quantitative estimate of drug-likeness (QED) is 0.198. The molecule has 42 heavy (non-hydrogen) atoms. The summed E-state index contributed by atoms with van der Waals surface area (Å²) in [7, 11) is 0. The molecule has 0 atom stereocenters. The Morgan fingerprint density at radius 2 is 0.738 bits per heavy atom. The van der Waals surface area contributed by atoms with Crippen LogP contribution in [0.25, 0.3) is 76.8 Å². The Labute approximate surface area is 246 Å². The van der Waals surface area contributed by atoms with Gasteiger partial charge in [0, 0.05) is 0 Å². The Hall–Kier alpha value is -5.46. The van der Waals surface area contributed by atoms with Gasteiger partial charge in [0.1, 0.15) is 0 Å². The van der Waals surface area contributed by atoms with E-state index < -0.39 is 0 Å². The van der Waals surface area contributed by atoms with Crippen LogP contribution in [-0.2, 0) is 0 Å². The first-order valence-corrected chi connectivity index (χ1v) is 14.5. The third-order valence-corrected chi connectivity index (χ3v) is 8.45. The van der Waals surface area contributed by atoms with E-state index in [1.54, 1.807) is 0 Å². The second kappa shape index (κ2) is 10.2. The highest BCUT2D eigenvalue weighted by Crippen LogP contribution is 2.47. The molecule has 0 nitrogen and oxygen atoms in total. The Balaban J connectivity index is 1.50. The normalized spacial score (nSPS) is 11.3. The lowest BCUT2D eigenvalue weighted by Gasteiger charge is -2.20. The summed E-state index contributed by atoms with van der Waals surface area (Å²) in [5.41, 5.74) is 9.96. The molecule has 0 fully saturated rings. The fourth-order valence-corrected chi connectivity index (χ4v) is 6.50. The summed E-state index contributed by atoms with van der Waals surface area (Å²) in [6.07, 6.45) is 0. The van der Waals surface area contributed by atoms with Crippen LogP contribution >= 0.6 is 0 Å². The summed E-state index contributed by atoms with van der Waals surface area (Å²) in [4.78, 5) is 0. The summed E-state index contributed by atoms with van der Waals surface area (Å²) < 4.78 is 0. The molecule has 0 bridgehead atoms. The molecule has 0 saturated heterocycles. The number of hydrogen-bond donors (Lipinski definition) is 0. The van der Waals surface area contributed by atoms with E-state index in [1.165, 1.54) is 76.8 Å². The highest BCUT2D eigenvalue weighted by atomic mass is 14.2. The molecule has 0 amide bonds. The molecule has 0 unspecified atom stereocenters. The van der Waals surface area contributed by atoms with Gasteiger partial charge in [-0.1, -0.05) is 158 Å². The van der Waals surface area contributed by atoms with Gasteiger partial charge in [0.15, 0.2) is 0 Å². The van der Waals surface area contributed by atoms with Crippen molar-refractivity contribution in [3.63, 3.8) is 0 Å². The predicted octanol–water partition coefficient (Wildman–Crippen LogP) is 11.8. The van der Waals surface area contributed by atoms with Gasteiger partial charge >= 0.3 is 0 Å². The molecule has 0 spiro atoms. The molecule has 196 valence electrons. The topological polar surface area (TPSA) is 0 Å². The van der Waals surface area contributed by atoms with E-state index >= 15 is 0 Å². The van der Waals surface area contributed by atoms with E-state index in [2.05, 4.69) is 170 Å². The minimum Gasteiger partial charge on any atom is -0.0622 e. The number of fused-ring (bicyclic) bond motifs is 3. The van der Waals surface area contributed by atoms with Crippen molar-refractivity contribution in [2.45, 2.75) is 0 Å². The van der Waals surface area contributed by atoms with Crippen LogP contribution in [0.5, 0.6) is 0 Å². The van der Waals surface area contributed by atoms with Crippen molar-refractivity contribution in [2.24, 2.45) is 0 Å². The van der Waals surface area contributed by atoms with Crippen molar-refractivity contribution in [2.75, 3.05) is 0 Å². The molecule has 0 saturated carbocycles. The van der Waals surface area contributed by atoms with E-state index in [0.717, 1.165) is 0 Å². The number of benzene rings is 8. The molecular weight excluding hydrogens is 504 g/mol. The highest BCUT2D eigenvalue weighted by Gasteiger charge is 2.19. The van der Waals surface area contributed by atoms with Gasteiger partial charge in [0.2, 0.25) is 0 Å². The van der Waals surface area contributed by atoms with Crippen LogP contribution in [0.15, 0.2) is 170 Å². The highest BCUT2D eigenvalue weighted by molar-refractivity contribution is 6.22. The second-order valence-electron chi connectivity index (χ2n) is 10.9. The summed E-state index contributed by atoms with van der Waals surface area (Å²) in [5.74, 6) is 0. The first-order valence-electron chi connectivity index (χ1n) is 14.5. The Morgan fingerprint density at radius 3 is 1.38 bits per heavy atom. The van der Waals surface area contributed by atoms with E-state index in [9.17, 15) is 0 Å². The second-order valence-corrected chi connectivity index (χ2v) is 10.9. The van der Waals surface area contributed by atoms with Gasteiger partial charge in [-0.3, -0.25) is 0 Å². The fraction of sp³-hybridized carbons (Fsp3) is 0. The smallest absolute Gasteiger partial charge is 0.00199 e. The molecule has 0 aliphatic carbocycles. The fourth-order valence-electron chi connectivity index (χ4n) is 6.50. The van der Waals surface area contributed by atoms with Crippen LogP contribution < -0.4 is 0 Å². The minimum atomic E-state index is 1.22. The molecule has 8 rings (SSSR count). The van der Waals surface area contributed by atoms with Gasteiger partial charge in [-0.15, -0.1) is 0 Å². The molecule has 0 radical (unpaired) electrons. The summed E-state index contributed by atoms with van der Waals surface area (Å²) in [6, 6.07) is 61.8. The molecule has 8 aromatic carbocycles. The van der Waals surface area contributed by atoms with Crippen LogP contribution in [0, 0.1) is 0 Å². The summed E-state index contributed by atoms with van der Waals surface area (Å²) >= 11 is 0. The zero-order valence-electron chi connectivity index (χ0n) is 23.2. The van der Waals surface area contributed by atoms with Gasteiger partial charge in [-0.25, -0.2) is 0 Å². The summed E-state index contributed by atoms with van der Waals surface area (Å²) in [6.45, 7) is 0. The molecule has 0 aliphatic rings. The standard InChI is InChI=1S/C42H28/c1-3-13-29(14-4-1)33-25-26-35(34-24-23-30-15-7-8-18-32(30)27-34)40(28-33)42-38-21-11-9-19-36(38)41(31-16-5-2-6-17-31)37-20-10-12-22-39(37)42/h1-28H. The maximum absolute atomic E-state index is 2.40. The van der Waals surface area contributed by atoms with E-state index in [-0.39, 0.29) is 0 Å². The van der Waals surface area contributed by atoms with Crippen molar-refractivity contribution < 1.29 is 0 Å². The van der Waals surface area contributed by atoms with Crippen LogP contribution in [0.2, 0.25) is 0 Å². The Morgan fingerprint density at radius 1 is 0.238 bits per heavy atom.